The van der Waals surface area contributed by atoms with Crippen LogP contribution in [-0.2, 0) is 14.3 Å². The molecule has 0 bridgehead atoms. The van der Waals surface area contributed by atoms with Crippen LogP contribution in [0.15, 0.2) is 83.8 Å². The van der Waals surface area contributed by atoms with E-state index in [0.29, 0.717) is 42.2 Å². The fourth-order valence-electron chi connectivity index (χ4n) is 5.07. The number of hydrogen-bond donors (Lipinski definition) is 1. The van der Waals surface area contributed by atoms with E-state index in [0.717, 1.165) is 27.2 Å². The topological polar surface area (TPSA) is 93.5 Å². The number of piperidine rings is 1. The fourth-order valence-corrected chi connectivity index (χ4v) is 7.28. The van der Waals surface area contributed by atoms with Gasteiger partial charge in [0.25, 0.3) is 16.0 Å². The molecule has 0 spiro atoms. The van der Waals surface area contributed by atoms with Crippen molar-refractivity contribution in [2.24, 2.45) is 0 Å². The number of halogens is 1. The van der Waals surface area contributed by atoms with E-state index in [2.05, 4.69) is 10.4 Å². The zero-order valence-corrected chi connectivity index (χ0v) is 24.7. The van der Waals surface area contributed by atoms with Gasteiger partial charge in [-0.25, -0.2) is 9.07 Å². The molecule has 42 heavy (non-hydrogen) atoms. The van der Waals surface area contributed by atoms with E-state index in [1.165, 1.54) is 29.5 Å². The predicted molar refractivity (Wildman–Crippen MR) is 163 cm³/mol. The van der Waals surface area contributed by atoms with Crippen molar-refractivity contribution in [1.29, 1.82) is 0 Å². The molecule has 0 radical (unpaired) electrons. The molecule has 3 heterocycles. The number of carbonyl (C=O) groups excluding carboxylic acids is 1. The number of benzene rings is 3. The maximum Gasteiger partial charge on any atom is 0.297 e. The van der Waals surface area contributed by atoms with E-state index in [9.17, 15) is 13.2 Å². The number of para-hydroxylation sites is 1. The molecule has 6 rings (SSSR count). The molecule has 3 aromatic carbocycles. The van der Waals surface area contributed by atoms with Crippen molar-refractivity contribution in [3.8, 4) is 5.69 Å². The average Bonchev–Trinajstić information content (AvgIpc) is 3.55. The summed E-state index contributed by atoms with van der Waals surface area (Å²) in [5.41, 5.74) is 3.44. The zero-order chi connectivity index (χ0) is 29.4. The second kappa shape index (κ2) is 11.3. The van der Waals surface area contributed by atoms with Crippen LogP contribution in [0.2, 0.25) is 0 Å². The molecule has 8 nitrogen and oxygen atoms in total. The lowest BCUT2D eigenvalue weighted by Crippen LogP contribution is -2.38. The lowest BCUT2D eigenvalue weighted by Gasteiger charge is -2.33. The summed E-state index contributed by atoms with van der Waals surface area (Å²) < 4.78 is 47.8. The molecule has 216 valence electrons. The molecule has 2 aromatic heterocycles. The summed E-state index contributed by atoms with van der Waals surface area (Å²) in [7, 11) is -3.87. The number of hydrogen-bond acceptors (Lipinski definition) is 7. The maximum absolute atomic E-state index is 15.2. The Morgan fingerprint density at radius 1 is 1.00 bits per heavy atom. The molecular weight excluding hydrogens is 575 g/mol. The molecule has 1 saturated heterocycles. The summed E-state index contributed by atoms with van der Waals surface area (Å²) in [6.45, 7) is 4.67. The van der Waals surface area contributed by atoms with E-state index >= 15 is 4.39 Å². The Kier molecular flexibility index (Phi) is 7.56. The van der Waals surface area contributed by atoms with Gasteiger partial charge in [-0.15, -0.1) is 11.3 Å². The van der Waals surface area contributed by atoms with E-state index in [4.69, 9.17) is 4.18 Å². The fraction of sp³-hybridized carbons (Fsp3) is 0.226. The standard InChI is InChI=1S/C31H29FN4O4S2/c1-20-8-11-25(12-9-20)42(38,39)40-24-14-16-35(17-15-24)28-13-10-22(18-27(28)32)33-30(37)29-19-26-21(2)34-36(31(26)41-29)23-6-4-3-5-7-23/h3-13,18-19,24H,14-17H2,1-2H3,(H,33,37). The van der Waals surface area contributed by atoms with Crippen molar-refractivity contribution in [3.05, 3.63) is 101 Å². The van der Waals surface area contributed by atoms with Crippen molar-refractivity contribution < 1.29 is 21.8 Å². The highest BCUT2D eigenvalue weighted by Gasteiger charge is 2.27. The maximum atomic E-state index is 15.2. The summed E-state index contributed by atoms with van der Waals surface area (Å²) in [6.07, 6.45) is 0.400. The van der Waals surface area contributed by atoms with Crippen molar-refractivity contribution in [2.75, 3.05) is 23.3 Å². The molecule has 11 heteroatoms. The van der Waals surface area contributed by atoms with Crippen LogP contribution in [-0.4, -0.2) is 43.3 Å². The van der Waals surface area contributed by atoms with Crippen molar-refractivity contribution in [2.45, 2.75) is 37.7 Å². The summed E-state index contributed by atoms with van der Waals surface area (Å²) in [5, 5.41) is 8.32. The third kappa shape index (κ3) is 5.67. The van der Waals surface area contributed by atoms with E-state index in [1.54, 1.807) is 24.3 Å². The first kappa shape index (κ1) is 28.1. The predicted octanol–water partition coefficient (Wildman–Crippen LogP) is 6.47. The molecule has 0 aliphatic carbocycles. The van der Waals surface area contributed by atoms with Gasteiger partial charge in [-0.3, -0.25) is 8.98 Å². The number of fused-ring (bicyclic) bond motifs is 1. The summed E-state index contributed by atoms with van der Waals surface area (Å²) >= 11 is 1.33. The van der Waals surface area contributed by atoms with Crippen LogP contribution < -0.4 is 10.2 Å². The number of nitrogens with one attached hydrogen (secondary N) is 1. The largest absolute Gasteiger partial charge is 0.369 e. The molecule has 0 unspecified atom stereocenters. The minimum absolute atomic E-state index is 0.128. The number of amides is 1. The highest BCUT2D eigenvalue weighted by Crippen LogP contribution is 2.32. The van der Waals surface area contributed by atoms with Gasteiger partial charge < -0.3 is 10.2 Å². The van der Waals surface area contributed by atoms with E-state index in [-0.39, 0.29) is 10.8 Å². The van der Waals surface area contributed by atoms with E-state index < -0.39 is 22.0 Å². The Morgan fingerprint density at radius 3 is 2.40 bits per heavy atom. The van der Waals surface area contributed by atoms with Gasteiger partial charge in [0.15, 0.2) is 0 Å². The monoisotopic (exact) mass is 604 g/mol. The summed E-state index contributed by atoms with van der Waals surface area (Å²) in [5.74, 6) is -0.790. The van der Waals surface area contributed by atoms with Gasteiger partial charge in [0.05, 0.1) is 32.9 Å². The second-order valence-corrected chi connectivity index (χ2v) is 12.9. The number of carbonyl (C=O) groups is 1. The van der Waals surface area contributed by atoms with Gasteiger partial charge in [0.2, 0.25) is 0 Å². The SMILES string of the molecule is Cc1ccc(S(=O)(=O)OC2CCN(c3ccc(NC(=O)c4cc5c(C)nn(-c6ccccc6)c5s4)cc3F)CC2)cc1. The molecular formula is C31H29FN4O4S2. The second-order valence-electron chi connectivity index (χ2n) is 10.3. The van der Waals surface area contributed by atoms with Gasteiger partial charge in [0, 0.05) is 24.2 Å². The number of nitrogens with zero attached hydrogens (tertiary/aromatic N) is 3. The van der Waals surface area contributed by atoms with Crippen LogP contribution in [0.25, 0.3) is 15.9 Å². The Bertz CT molecular complexity index is 1860. The smallest absolute Gasteiger partial charge is 0.297 e. The third-order valence-corrected chi connectivity index (χ3v) is 9.81. The van der Waals surface area contributed by atoms with Crippen LogP contribution in [0.5, 0.6) is 0 Å². The number of aromatic nitrogens is 2. The average molecular weight is 605 g/mol. The molecule has 1 fully saturated rings. The first-order chi connectivity index (χ1) is 20.2. The Morgan fingerprint density at radius 2 is 1.71 bits per heavy atom. The molecule has 0 atom stereocenters. The molecule has 0 saturated carbocycles. The van der Waals surface area contributed by atoms with E-state index in [1.807, 2.05) is 59.8 Å². The Hall–Kier alpha value is -4.06. The van der Waals surface area contributed by atoms with Gasteiger partial charge in [-0.05, 0) is 75.2 Å². The minimum atomic E-state index is -3.87. The molecule has 1 aliphatic heterocycles. The highest BCUT2D eigenvalue weighted by atomic mass is 32.2. The highest BCUT2D eigenvalue weighted by molar-refractivity contribution is 7.86. The molecule has 1 N–H and O–H groups in total. The van der Waals surface area contributed by atoms with Crippen LogP contribution in [0.4, 0.5) is 15.8 Å². The Labute approximate surface area is 247 Å². The van der Waals surface area contributed by atoms with Gasteiger partial charge in [-0.2, -0.15) is 13.5 Å². The number of rotatable bonds is 7. The summed E-state index contributed by atoms with van der Waals surface area (Å²) in [6, 6.07) is 22.7. The number of anilines is 2. The number of aryl methyl sites for hydroxylation is 2. The first-order valence-corrected chi connectivity index (χ1v) is 15.8. The molecule has 1 aliphatic rings. The van der Waals surface area contributed by atoms with Crippen LogP contribution >= 0.6 is 11.3 Å². The van der Waals surface area contributed by atoms with Crippen molar-refractivity contribution in [1.82, 2.24) is 9.78 Å². The third-order valence-electron chi connectivity index (χ3n) is 7.33. The molecule has 1 amide bonds. The number of thiophene rings is 1. The van der Waals surface area contributed by atoms with Crippen molar-refractivity contribution >= 4 is 49.0 Å². The van der Waals surface area contributed by atoms with Crippen LogP contribution in [0.1, 0.15) is 33.8 Å². The van der Waals surface area contributed by atoms with Gasteiger partial charge >= 0.3 is 0 Å². The lowest BCUT2D eigenvalue weighted by molar-refractivity contribution is 0.103. The van der Waals surface area contributed by atoms with Gasteiger partial charge in [0.1, 0.15) is 10.6 Å². The van der Waals surface area contributed by atoms with Gasteiger partial charge in [-0.1, -0.05) is 35.9 Å². The molecule has 5 aromatic rings. The quantitative estimate of drug-likeness (QED) is 0.214. The normalized spacial score (nSPS) is 14.4. The lowest BCUT2D eigenvalue weighted by atomic mass is 10.1. The minimum Gasteiger partial charge on any atom is -0.369 e. The Balaban J connectivity index is 1.10. The van der Waals surface area contributed by atoms with Crippen LogP contribution in [0.3, 0.4) is 0 Å². The zero-order valence-electron chi connectivity index (χ0n) is 23.1. The summed E-state index contributed by atoms with van der Waals surface area (Å²) in [4.78, 5) is 16.4. The van der Waals surface area contributed by atoms with Crippen molar-refractivity contribution in [3.63, 3.8) is 0 Å². The van der Waals surface area contributed by atoms with Crippen LogP contribution in [0, 0.1) is 19.7 Å². The first-order valence-electron chi connectivity index (χ1n) is 13.6.